The molecule has 0 aromatic heterocycles. The van der Waals surface area contributed by atoms with Gasteiger partial charge in [-0.2, -0.15) is 0 Å². The number of halogens is 1. The first kappa shape index (κ1) is 25.4. The maximum Gasteiger partial charge on any atom is 0.330 e. The van der Waals surface area contributed by atoms with Crippen LogP contribution in [0.2, 0.25) is 0 Å². The Hall–Kier alpha value is -3.88. The zero-order chi connectivity index (χ0) is 24.1. The van der Waals surface area contributed by atoms with E-state index in [-0.39, 0.29) is 43.1 Å². The largest absolute Gasteiger partial charge is 0.460 e. The second-order valence-corrected chi connectivity index (χ2v) is 6.48. The second kappa shape index (κ2) is 13.5. The number of aliphatic hydroxyl groups excluding tert-OH is 2. The summed E-state index contributed by atoms with van der Waals surface area (Å²) in [6, 6.07) is 13.5. The highest BCUT2D eigenvalue weighted by atomic mass is 19.1. The summed E-state index contributed by atoms with van der Waals surface area (Å²) in [5.74, 6) is -2.58. The van der Waals surface area contributed by atoms with Crippen molar-refractivity contribution in [3.8, 4) is 0 Å². The number of carbonyl (C=O) groups is 3. The summed E-state index contributed by atoms with van der Waals surface area (Å²) in [6.07, 6.45) is 4.70. The first-order valence-corrected chi connectivity index (χ1v) is 9.97. The lowest BCUT2D eigenvalue weighted by Crippen LogP contribution is -2.08. The van der Waals surface area contributed by atoms with Crippen molar-refractivity contribution in [3.63, 3.8) is 0 Å². The summed E-state index contributed by atoms with van der Waals surface area (Å²) in [5, 5.41) is 17.6. The van der Waals surface area contributed by atoms with Crippen molar-refractivity contribution in [2.24, 2.45) is 0 Å². The lowest BCUT2D eigenvalue weighted by atomic mass is 9.93. The van der Waals surface area contributed by atoms with Gasteiger partial charge in [0.25, 0.3) is 0 Å². The smallest absolute Gasteiger partial charge is 0.330 e. The van der Waals surface area contributed by atoms with Gasteiger partial charge in [0.2, 0.25) is 0 Å². The van der Waals surface area contributed by atoms with Gasteiger partial charge in [-0.25, -0.2) is 14.0 Å². The zero-order valence-electron chi connectivity index (χ0n) is 17.6. The number of rotatable bonds is 11. The van der Waals surface area contributed by atoms with Crippen molar-refractivity contribution < 1.29 is 38.5 Å². The van der Waals surface area contributed by atoms with Crippen LogP contribution in [0.4, 0.5) is 4.39 Å². The van der Waals surface area contributed by atoms with Crippen LogP contribution in [-0.4, -0.2) is 54.4 Å². The molecule has 0 aliphatic carbocycles. The molecule has 0 aliphatic rings. The monoisotopic (exact) mass is 454 g/mol. The Labute approximate surface area is 190 Å². The van der Waals surface area contributed by atoms with Crippen LogP contribution in [0, 0.1) is 5.82 Å². The molecule has 0 saturated heterocycles. The standard InChI is InChI=1S/C25H23FO7/c26-20-8-6-19(7-9-20)25(31)22(11-13-24(30)33-17-15-28)21(18-4-2-1-3-5-18)10-12-23(29)32-16-14-27/h1-13,27-28H,14-17H2/b12-10+,13-11+,22-21+. The number of hydrogen-bond acceptors (Lipinski definition) is 7. The fourth-order valence-electron chi connectivity index (χ4n) is 2.70. The van der Waals surface area contributed by atoms with E-state index < -0.39 is 23.5 Å². The van der Waals surface area contributed by atoms with E-state index in [2.05, 4.69) is 0 Å². The van der Waals surface area contributed by atoms with E-state index in [0.29, 0.717) is 5.56 Å². The van der Waals surface area contributed by atoms with Gasteiger partial charge >= 0.3 is 11.9 Å². The van der Waals surface area contributed by atoms with Gasteiger partial charge in [0.15, 0.2) is 5.78 Å². The van der Waals surface area contributed by atoms with Gasteiger partial charge in [-0.05, 0) is 47.6 Å². The van der Waals surface area contributed by atoms with Crippen molar-refractivity contribution in [1.29, 1.82) is 0 Å². The Morgan fingerprint density at radius 3 is 1.82 bits per heavy atom. The molecule has 0 saturated carbocycles. The van der Waals surface area contributed by atoms with Crippen molar-refractivity contribution in [2.75, 3.05) is 26.4 Å². The first-order valence-electron chi connectivity index (χ1n) is 9.97. The SMILES string of the molecule is O=C(/C=C/C(C(=O)c1ccc(F)cc1)=C(/C=C/C(=O)OCCO)c1ccccc1)OCCO. The first-order chi connectivity index (χ1) is 16.0. The summed E-state index contributed by atoms with van der Waals surface area (Å²) >= 11 is 0. The molecule has 2 rings (SSSR count). The van der Waals surface area contributed by atoms with E-state index in [1.54, 1.807) is 30.3 Å². The number of esters is 2. The Bertz CT molecular complexity index is 1040. The van der Waals surface area contributed by atoms with Crippen LogP contribution in [0.3, 0.4) is 0 Å². The molecule has 0 aliphatic heterocycles. The third-order valence-corrected chi connectivity index (χ3v) is 4.17. The van der Waals surface area contributed by atoms with E-state index in [4.69, 9.17) is 19.7 Å². The van der Waals surface area contributed by atoms with Crippen molar-refractivity contribution in [2.45, 2.75) is 0 Å². The predicted molar refractivity (Wildman–Crippen MR) is 118 cm³/mol. The van der Waals surface area contributed by atoms with Gasteiger partial charge in [0, 0.05) is 23.3 Å². The van der Waals surface area contributed by atoms with Crippen LogP contribution in [0.15, 0.2) is 84.5 Å². The normalized spacial score (nSPS) is 12.0. The quantitative estimate of drug-likeness (QED) is 0.232. The van der Waals surface area contributed by atoms with Crippen molar-refractivity contribution in [3.05, 3.63) is 101 Å². The highest BCUT2D eigenvalue weighted by molar-refractivity contribution is 6.16. The van der Waals surface area contributed by atoms with Crippen LogP contribution in [0.1, 0.15) is 15.9 Å². The summed E-state index contributed by atoms with van der Waals surface area (Å²) in [7, 11) is 0. The number of ether oxygens (including phenoxy) is 2. The molecule has 2 N–H and O–H groups in total. The number of ketones is 1. The summed E-state index contributed by atoms with van der Waals surface area (Å²) in [4.78, 5) is 37.2. The molecule has 2 aromatic rings. The molecule has 0 fully saturated rings. The molecule has 0 heterocycles. The van der Waals surface area contributed by atoms with Gasteiger partial charge in [0.05, 0.1) is 13.2 Å². The van der Waals surface area contributed by atoms with E-state index in [1.807, 2.05) is 0 Å². The van der Waals surface area contributed by atoms with Crippen LogP contribution < -0.4 is 0 Å². The second-order valence-electron chi connectivity index (χ2n) is 6.48. The number of allylic oxidation sites excluding steroid dienone is 4. The molecule has 0 radical (unpaired) electrons. The average Bonchev–Trinajstić information content (AvgIpc) is 2.84. The highest BCUT2D eigenvalue weighted by Crippen LogP contribution is 2.25. The molecule has 172 valence electrons. The molecule has 7 nitrogen and oxygen atoms in total. The number of benzene rings is 2. The fraction of sp³-hybridized carbons (Fsp3) is 0.160. The van der Waals surface area contributed by atoms with E-state index in [1.165, 1.54) is 24.3 Å². The third kappa shape index (κ3) is 8.29. The molecule has 2 aromatic carbocycles. The molecule has 0 spiro atoms. The fourth-order valence-corrected chi connectivity index (χ4v) is 2.70. The van der Waals surface area contributed by atoms with Gasteiger partial charge in [-0.3, -0.25) is 4.79 Å². The van der Waals surface area contributed by atoms with Gasteiger partial charge < -0.3 is 19.7 Å². The predicted octanol–water partition coefficient (Wildman–Crippen LogP) is 2.65. The molecular formula is C25H23FO7. The minimum Gasteiger partial charge on any atom is -0.460 e. The average molecular weight is 454 g/mol. The lowest BCUT2D eigenvalue weighted by molar-refractivity contribution is -0.139. The van der Waals surface area contributed by atoms with E-state index >= 15 is 0 Å². The number of aliphatic hydroxyl groups is 2. The zero-order valence-corrected chi connectivity index (χ0v) is 17.6. The summed E-state index contributed by atoms with van der Waals surface area (Å²) in [6.45, 7) is -1.10. The minimum absolute atomic E-state index is 0.0277. The van der Waals surface area contributed by atoms with Crippen LogP contribution in [0.25, 0.3) is 5.57 Å². The number of carbonyl (C=O) groups excluding carboxylic acids is 3. The summed E-state index contributed by atoms with van der Waals surface area (Å²) in [5.41, 5.74) is 1.03. The van der Waals surface area contributed by atoms with E-state index in [0.717, 1.165) is 24.3 Å². The number of hydrogen-bond donors (Lipinski definition) is 2. The van der Waals surface area contributed by atoms with Crippen LogP contribution in [-0.2, 0) is 19.1 Å². The highest BCUT2D eigenvalue weighted by Gasteiger charge is 2.16. The Morgan fingerprint density at radius 1 is 0.727 bits per heavy atom. The van der Waals surface area contributed by atoms with E-state index in [9.17, 15) is 18.8 Å². The molecule has 0 bridgehead atoms. The van der Waals surface area contributed by atoms with Gasteiger partial charge in [0.1, 0.15) is 19.0 Å². The lowest BCUT2D eigenvalue weighted by Gasteiger charge is -2.10. The number of Topliss-reactive ketones (excluding diaryl/α,β-unsaturated/α-hetero) is 1. The van der Waals surface area contributed by atoms with Crippen LogP contribution >= 0.6 is 0 Å². The van der Waals surface area contributed by atoms with Crippen LogP contribution in [0.5, 0.6) is 0 Å². The Morgan fingerprint density at radius 2 is 1.27 bits per heavy atom. The van der Waals surface area contributed by atoms with Crippen molar-refractivity contribution in [1.82, 2.24) is 0 Å². The third-order valence-electron chi connectivity index (χ3n) is 4.17. The van der Waals surface area contributed by atoms with Gasteiger partial charge in [-0.1, -0.05) is 30.3 Å². The molecule has 0 unspecified atom stereocenters. The Kier molecular flexibility index (Phi) is 10.4. The minimum atomic E-state index is -0.785. The Balaban J connectivity index is 2.60. The maximum atomic E-state index is 13.4. The topological polar surface area (TPSA) is 110 Å². The molecule has 8 heteroatoms. The molecule has 33 heavy (non-hydrogen) atoms. The maximum absolute atomic E-state index is 13.4. The van der Waals surface area contributed by atoms with Crippen molar-refractivity contribution >= 4 is 23.3 Å². The molecule has 0 amide bonds. The molecular weight excluding hydrogens is 431 g/mol. The van der Waals surface area contributed by atoms with Gasteiger partial charge in [-0.15, -0.1) is 0 Å². The molecule has 0 atom stereocenters. The summed E-state index contributed by atoms with van der Waals surface area (Å²) < 4.78 is 23.0.